The maximum absolute atomic E-state index is 12.5. The number of carbonyl (C=O) groups excluding carboxylic acids is 1. The van der Waals surface area contributed by atoms with Crippen molar-refractivity contribution in [2.24, 2.45) is 0 Å². The quantitative estimate of drug-likeness (QED) is 0.463. The fraction of sp³-hybridized carbons (Fsp3) is 0.160. The van der Waals surface area contributed by atoms with Crippen LogP contribution in [-0.4, -0.2) is 20.4 Å². The molecule has 0 aliphatic rings. The normalized spacial score (nSPS) is 11.2. The Morgan fingerprint density at radius 2 is 1.61 bits per heavy atom. The van der Waals surface area contributed by atoms with Crippen LogP contribution in [0.25, 0.3) is 5.82 Å². The topological polar surface area (TPSA) is 69.0 Å². The van der Waals surface area contributed by atoms with Gasteiger partial charge in [0.1, 0.15) is 17.9 Å². The van der Waals surface area contributed by atoms with Gasteiger partial charge < -0.3 is 14.6 Å². The largest absolute Gasteiger partial charge is 0.439 e. The highest BCUT2D eigenvalue weighted by molar-refractivity contribution is 6.04. The molecule has 0 spiro atoms. The Morgan fingerprint density at radius 1 is 0.935 bits per heavy atom. The number of hydrogen-bond acceptors (Lipinski definition) is 4. The van der Waals surface area contributed by atoms with E-state index in [0.29, 0.717) is 22.9 Å². The second-order valence-electron chi connectivity index (χ2n) is 8.21. The van der Waals surface area contributed by atoms with Gasteiger partial charge in [0.2, 0.25) is 5.88 Å². The first kappa shape index (κ1) is 20.3. The summed E-state index contributed by atoms with van der Waals surface area (Å²) < 4.78 is 7.71. The lowest BCUT2D eigenvalue weighted by Gasteiger charge is -2.19. The zero-order valence-corrected chi connectivity index (χ0v) is 17.7. The Bertz CT molecular complexity index is 1160. The number of amides is 1. The molecule has 2 aromatic heterocycles. The first-order valence-corrected chi connectivity index (χ1v) is 10.0. The van der Waals surface area contributed by atoms with Crippen LogP contribution in [0.5, 0.6) is 11.6 Å². The lowest BCUT2D eigenvalue weighted by atomic mass is 9.87. The molecule has 0 fully saturated rings. The van der Waals surface area contributed by atoms with Gasteiger partial charge in [-0.05, 0) is 59.5 Å². The van der Waals surface area contributed by atoms with E-state index in [9.17, 15) is 4.79 Å². The molecule has 0 aliphatic heterocycles. The Morgan fingerprint density at radius 3 is 2.26 bits per heavy atom. The fourth-order valence-electron chi connectivity index (χ4n) is 3.07. The zero-order valence-electron chi connectivity index (χ0n) is 17.7. The molecule has 0 bridgehead atoms. The van der Waals surface area contributed by atoms with Crippen LogP contribution in [0.15, 0.2) is 85.5 Å². The van der Waals surface area contributed by atoms with Gasteiger partial charge in [-0.25, -0.2) is 9.97 Å². The standard InChI is InChI=1S/C25H24N4O2/c1-25(2,3)19-8-6-18(7-9-19)24(30)28-20-10-12-21(13-11-20)31-23-16-22(26-17-27-23)29-14-4-5-15-29/h4-17H,1-3H3,(H,28,30). The van der Waals surface area contributed by atoms with Crippen molar-refractivity contribution in [3.63, 3.8) is 0 Å². The van der Waals surface area contributed by atoms with Crippen molar-refractivity contribution >= 4 is 11.6 Å². The van der Waals surface area contributed by atoms with Crippen molar-refractivity contribution in [1.29, 1.82) is 0 Å². The van der Waals surface area contributed by atoms with E-state index in [1.807, 2.05) is 53.4 Å². The average Bonchev–Trinajstić information content (AvgIpc) is 3.30. The van der Waals surface area contributed by atoms with E-state index >= 15 is 0 Å². The average molecular weight is 412 g/mol. The summed E-state index contributed by atoms with van der Waals surface area (Å²) in [6.07, 6.45) is 5.27. The van der Waals surface area contributed by atoms with Gasteiger partial charge in [0.15, 0.2) is 0 Å². The molecule has 0 saturated carbocycles. The van der Waals surface area contributed by atoms with E-state index in [1.165, 1.54) is 11.9 Å². The van der Waals surface area contributed by atoms with Gasteiger partial charge >= 0.3 is 0 Å². The Labute approximate surface area is 181 Å². The third-order valence-electron chi connectivity index (χ3n) is 4.84. The third kappa shape index (κ3) is 4.98. The van der Waals surface area contributed by atoms with Gasteiger partial charge in [0.05, 0.1) is 0 Å². The monoisotopic (exact) mass is 412 g/mol. The second-order valence-corrected chi connectivity index (χ2v) is 8.21. The summed E-state index contributed by atoms with van der Waals surface area (Å²) in [5.41, 5.74) is 2.55. The number of ether oxygens (including phenoxy) is 1. The molecule has 4 rings (SSSR count). The summed E-state index contributed by atoms with van der Waals surface area (Å²) in [6.45, 7) is 6.44. The second kappa shape index (κ2) is 8.44. The zero-order chi connectivity index (χ0) is 21.8. The maximum atomic E-state index is 12.5. The molecule has 0 unspecified atom stereocenters. The molecule has 0 saturated heterocycles. The molecule has 4 aromatic rings. The van der Waals surface area contributed by atoms with Gasteiger partial charge in [0, 0.05) is 29.7 Å². The molecule has 2 heterocycles. The first-order valence-electron chi connectivity index (χ1n) is 10.0. The van der Waals surface area contributed by atoms with Gasteiger partial charge in [0.25, 0.3) is 5.91 Å². The lowest BCUT2D eigenvalue weighted by molar-refractivity contribution is 0.102. The van der Waals surface area contributed by atoms with E-state index in [4.69, 9.17) is 4.74 Å². The van der Waals surface area contributed by atoms with Crippen molar-refractivity contribution in [1.82, 2.24) is 14.5 Å². The van der Waals surface area contributed by atoms with Crippen molar-refractivity contribution in [2.75, 3.05) is 5.32 Å². The number of benzene rings is 2. The highest BCUT2D eigenvalue weighted by Crippen LogP contribution is 2.24. The van der Waals surface area contributed by atoms with E-state index in [2.05, 4.69) is 36.1 Å². The van der Waals surface area contributed by atoms with Crippen LogP contribution >= 0.6 is 0 Å². The van der Waals surface area contributed by atoms with Crippen molar-refractivity contribution in [3.05, 3.63) is 96.6 Å². The number of rotatable bonds is 5. The van der Waals surface area contributed by atoms with E-state index in [1.54, 1.807) is 30.3 Å². The summed E-state index contributed by atoms with van der Waals surface area (Å²) in [5, 5.41) is 2.91. The molecular weight excluding hydrogens is 388 g/mol. The first-order chi connectivity index (χ1) is 14.9. The van der Waals surface area contributed by atoms with Crippen LogP contribution in [0.4, 0.5) is 5.69 Å². The third-order valence-corrected chi connectivity index (χ3v) is 4.84. The fourth-order valence-corrected chi connectivity index (χ4v) is 3.07. The molecule has 6 heteroatoms. The highest BCUT2D eigenvalue weighted by atomic mass is 16.5. The highest BCUT2D eigenvalue weighted by Gasteiger charge is 2.14. The Hall–Kier alpha value is -3.93. The molecule has 6 nitrogen and oxygen atoms in total. The van der Waals surface area contributed by atoms with Crippen LogP contribution in [0.1, 0.15) is 36.7 Å². The molecule has 31 heavy (non-hydrogen) atoms. The van der Waals surface area contributed by atoms with E-state index in [0.717, 1.165) is 5.82 Å². The SMILES string of the molecule is CC(C)(C)c1ccc(C(=O)Nc2ccc(Oc3cc(-n4cccc4)ncn3)cc2)cc1. The summed E-state index contributed by atoms with van der Waals surface area (Å²) in [4.78, 5) is 20.9. The number of nitrogens with one attached hydrogen (secondary N) is 1. The van der Waals surface area contributed by atoms with Crippen LogP contribution in [-0.2, 0) is 5.41 Å². The number of nitrogens with zero attached hydrogens (tertiary/aromatic N) is 3. The van der Waals surface area contributed by atoms with Crippen LogP contribution < -0.4 is 10.1 Å². The molecule has 156 valence electrons. The molecule has 0 atom stereocenters. The van der Waals surface area contributed by atoms with Crippen LogP contribution in [0, 0.1) is 0 Å². The van der Waals surface area contributed by atoms with Gasteiger partial charge in [-0.1, -0.05) is 32.9 Å². The number of aromatic nitrogens is 3. The molecule has 1 amide bonds. The summed E-state index contributed by atoms with van der Waals surface area (Å²) in [5.74, 6) is 1.62. The van der Waals surface area contributed by atoms with Crippen LogP contribution in [0.3, 0.4) is 0 Å². The predicted octanol–water partition coefficient (Wildman–Crippen LogP) is 5.61. The Kier molecular flexibility index (Phi) is 5.54. The van der Waals surface area contributed by atoms with Crippen molar-refractivity contribution in [2.45, 2.75) is 26.2 Å². The molecule has 0 radical (unpaired) electrons. The van der Waals surface area contributed by atoms with Gasteiger partial charge in [-0.3, -0.25) is 4.79 Å². The number of hydrogen-bond donors (Lipinski definition) is 1. The van der Waals surface area contributed by atoms with Crippen molar-refractivity contribution < 1.29 is 9.53 Å². The molecule has 1 N–H and O–H groups in total. The van der Waals surface area contributed by atoms with Gasteiger partial charge in [-0.15, -0.1) is 0 Å². The Balaban J connectivity index is 1.40. The summed E-state index contributed by atoms with van der Waals surface area (Å²) >= 11 is 0. The molecule has 2 aromatic carbocycles. The predicted molar refractivity (Wildman–Crippen MR) is 121 cm³/mol. The number of carbonyl (C=O) groups is 1. The maximum Gasteiger partial charge on any atom is 0.255 e. The van der Waals surface area contributed by atoms with Crippen molar-refractivity contribution in [3.8, 4) is 17.4 Å². The van der Waals surface area contributed by atoms with E-state index in [-0.39, 0.29) is 11.3 Å². The van der Waals surface area contributed by atoms with Crippen LogP contribution in [0.2, 0.25) is 0 Å². The summed E-state index contributed by atoms with van der Waals surface area (Å²) in [6, 6.07) is 20.5. The van der Waals surface area contributed by atoms with Gasteiger partial charge in [-0.2, -0.15) is 0 Å². The minimum Gasteiger partial charge on any atom is -0.439 e. The number of anilines is 1. The van der Waals surface area contributed by atoms with E-state index < -0.39 is 0 Å². The molecular formula is C25H24N4O2. The minimum atomic E-state index is -0.152. The minimum absolute atomic E-state index is 0.0527. The molecule has 0 aliphatic carbocycles. The summed E-state index contributed by atoms with van der Waals surface area (Å²) in [7, 11) is 0. The smallest absolute Gasteiger partial charge is 0.255 e. The lowest BCUT2D eigenvalue weighted by Crippen LogP contribution is -2.14.